The summed E-state index contributed by atoms with van der Waals surface area (Å²) in [5.41, 5.74) is 27.7. The molecule has 0 amide bonds. The van der Waals surface area contributed by atoms with Crippen molar-refractivity contribution in [2.75, 3.05) is 36.2 Å². The van der Waals surface area contributed by atoms with Crippen molar-refractivity contribution >= 4 is 58.4 Å². The minimum atomic E-state index is 0.142. The van der Waals surface area contributed by atoms with Crippen molar-refractivity contribution in [3.05, 3.63) is 334 Å². The molecular weight excluding hydrogens is 1120 g/mol. The summed E-state index contributed by atoms with van der Waals surface area (Å²) < 4.78 is 25.6. The molecule has 0 N–H and O–H groups in total. The van der Waals surface area contributed by atoms with E-state index in [9.17, 15) is 0 Å². The molecular formula is C86H88N2O4. The number of aryl methyl sites for hydroxylation is 6. The molecule has 0 aliphatic rings. The van der Waals surface area contributed by atoms with Crippen LogP contribution >= 0.6 is 0 Å². The van der Waals surface area contributed by atoms with Gasteiger partial charge in [-0.05, 0) is 227 Å². The van der Waals surface area contributed by atoms with E-state index in [4.69, 9.17) is 18.9 Å². The van der Waals surface area contributed by atoms with Crippen LogP contribution in [0.5, 0.6) is 0 Å². The summed E-state index contributed by atoms with van der Waals surface area (Å²) in [7, 11) is 0. The van der Waals surface area contributed by atoms with Gasteiger partial charge >= 0.3 is 0 Å². The van der Waals surface area contributed by atoms with E-state index in [1.165, 1.54) is 44.5 Å². The van der Waals surface area contributed by atoms with Crippen LogP contribution in [0, 0.1) is 53.4 Å². The van der Waals surface area contributed by atoms with Gasteiger partial charge in [0.05, 0.1) is 52.9 Å². The van der Waals surface area contributed by atoms with Gasteiger partial charge in [0.25, 0.3) is 0 Å². The van der Waals surface area contributed by atoms with E-state index in [1.54, 1.807) is 0 Å². The van der Waals surface area contributed by atoms with Crippen molar-refractivity contribution in [3.8, 4) is 11.1 Å². The molecule has 10 aromatic rings. The fourth-order valence-electron chi connectivity index (χ4n) is 11.7. The Hall–Kier alpha value is -9.40. The molecule has 92 heavy (non-hydrogen) atoms. The van der Waals surface area contributed by atoms with Gasteiger partial charge in [-0.3, -0.25) is 0 Å². The average Bonchev–Trinajstić information content (AvgIpc) is 0.803. The summed E-state index contributed by atoms with van der Waals surface area (Å²) in [5, 5.41) is 0. The third kappa shape index (κ3) is 17.5. The smallest absolute Gasteiger partial charge is 0.0717 e. The fraction of sp³-hybridized carbons (Fsp3) is 0.209. The Morgan fingerprint density at radius 1 is 0.283 bits per heavy atom. The molecule has 466 valence electrons. The number of ether oxygens (including phenoxy) is 4. The van der Waals surface area contributed by atoms with Crippen molar-refractivity contribution in [1.29, 1.82) is 0 Å². The van der Waals surface area contributed by atoms with Gasteiger partial charge in [0.2, 0.25) is 0 Å². The molecule has 0 saturated heterocycles. The van der Waals surface area contributed by atoms with Crippen LogP contribution < -0.4 is 9.80 Å². The zero-order valence-corrected chi connectivity index (χ0v) is 54.7. The summed E-state index contributed by atoms with van der Waals surface area (Å²) >= 11 is 0. The van der Waals surface area contributed by atoms with E-state index in [0.29, 0.717) is 52.9 Å². The first-order valence-corrected chi connectivity index (χ1v) is 32.1. The third-order valence-electron chi connectivity index (χ3n) is 17.5. The minimum Gasteiger partial charge on any atom is -0.376 e. The molecule has 0 aliphatic carbocycles. The maximum atomic E-state index is 6.40. The second-order valence-corrected chi connectivity index (χ2v) is 24.5. The summed E-state index contributed by atoms with van der Waals surface area (Å²) in [6, 6.07) is 79.0. The summed E-state index contributed by atoms with van der Waals surface area (Å²) in [6.45, 7) is 33.2. The maximum Gasteiger partial charge on any atom is 0.0717 e. The highest BCUT2D eigenvalue weighted by Gasteiger charge is 2.21. The molecule has 6 heteroatoms. The molecule has 6 nitrogen and oxygen atoms in total. The highest BCUT2D eigenvalue weighted by atomic mass is 16.5. The fourth-order valence-corrected chi connectivity index (χ4v) is 11.7. The van der Waals surface area contributed by atoms with E-state index in [1.807, 2.05) is 24.3 Å². The van der Waals surface area contributed by atoms with Crippen LogP contribution in [0.4, 0.5) is 34.1 Å². The second kappa shape index (κ2) is 32.1. The van der Waals surface area contributed by atoms with Gasteiger partial charge in [0, 0.05) is 46.0 Å². The SMILES string of the molecule is C=Cc1ccc(COCC(COCc2ccc(C=C)cc2)Cc2ccc(N(c3ccc(C)c(C)c3)c3ccc(-c4ccc(N(c5ccc(CC(COCc6ccc(C=C)cc6)COCc6ccc(C=C)cc6)cc5)c5ccc(C)c(C)c5)c(C)c4)cc3C)cc2)cc1. The average molecular weight is 1210 g/mol. The number of nitrogens with zero attached hydrogens (tertiary/aromatic N) is 2. The van der Waals surface area contributed by atoms with E-state index in [-0.39, 0.29) is 11.8 Å². The van der Waals surface area contributed by atoms with Gasteiger partial charge in [-0.1, -0.05) is 196 Å². The first kappa shape index (κ1) is 65.5. The molecule has 0 aliphatic heterocycles. The van der Waals surface area contributed by atoms with Crippen LogP contribution in [-0.2, 0) is 58.2 Å². The lowest BCUT2D eigenvalue weighted by molar-refractivity contribution is 0.0271. The predicted octanol–water partition coefficient (Wildman–Crippen LogP) is 21.9. The van der Waals surface area contributed by atoms with Gasteiger partial charge in [-0.2, -0.15) is 0 Å². The van der Waals surface area contributed by atoms with Gasteiger partial charge in [-0.25, -0.2) is 0 Å². The Bertz CT molecular complexity index is 3690. The quantitative estimate of drug-likeness (QED) is 0.0431. The number of hydrogen-bond acceptors (Lipinski definition) is 6. The Kier molecular flexibility index (Phi) is 22.8. The molecule has 0 atom stereocenters. The Labute approximate surface area is 548 Å². The Morgan fingerprint density at radius 2 is 0.554 bits per heavy atom. The lowest BCUT2D eigenvalue weighted by atomic mass is 9.97. The van der Waals surface area contributed by atoms with Crippen LogP contribution in [0.1, 0.15) is 89.0 Å². The van der Waals surface area contributed by atoms with E-state index in [0.717, 1.165) is 103 Å². The van der Waals surface area contributed by atoms with Crippen LogP contribution in [0.25, 0.3) is 35.4 Å². The number of benzene rings is 10. The Balaban J connectivity index is 0.873. The van der Waals surface area contributed by atoms with Crippen LogP contribution in [-0.4, -0.2) is 26.4 Å². The van der Waals surface area contributed by atoms with Crippen LogP contribution in [0.15, 0.2) is 245 Å². The molecule has 0 aromatic heterocycles. The predicted molar refractivity (Wildman–Crippen MR) is 389 cm³/mol. The molecule has 0 unspecified atom stereocenters. The van der Waals surface area contributed by atoms with E-state index in [2.05, 4.69) is 296 Å². The van der Waals surface area contributed by atoms with Crippen molar-refractivity contribution in [2.45, 2.75) is 80.8 Å². The molecule has 0 bridgehead atoms. The molecule has 0 saturated carbocycles. The van der Waals surface area contributed by atoms with E-state index < -0.39 is 0 Å². The highest BCUT2D eigenvalue weighted by molar-refractivity contribution is 5.84. The number of rotatable bonds is 31. The number of hydrogen-bond donors (Lipinski definition) is 0. The lowest BCUT2D eigenvalue weighted by Gasteiger charge is -2.29. The third-order valence-corrected chi connectivity index (χ3v) is 17.5. The Morgan fingerprint density at radius 3 is 0.815 bits per heavy atom. The summed E-state index contributed by atoms with van der Waals surface area (Å²) in [5.74, 6) is 0.284. The van der Waals surface area contributed by atoms with Gasteiger partial charge in [-0.15, -0.1) is 0 Å². The van der Waals surface area contributed by atoms with E-state index >= 15 is 0 Å². The maximum absolute atomic E-state index is 6.40. The topological polar surface area (TPSA) is 43.4 Å². The first-order valence-electron chi connectivity index (χ1n) is 32.1. The van der Waals surface area contributed by atoms with Gasteiger partial charge < -0.3 is 28.7 Å². The molecule has 10 rings (SSSR count). The number of anilines is 6. The molecule has 0 fully saturated rings. The van der Waals surface area contributed by atoms with Crippen molar-refractivity contribution in [3.63, 3.8) is 0 Å². The molecule has 0 spiro atoms. The van der Waals surface area contributed by atoms with Crippen molar-refractivity contribution in [2.24, 2.45) is 11.8 Å². The highest BCUT2D eigenvalue weighted by Crippen LogP contribution is 2.42. The lowest BCUT2D eigenvalue weighted by Crippen LogP contribution is -2.19. The minimum absolute atomic E-state index is 0.142. The standard InChI is InChI=1S/C86H88N2O4/c1-11-67-17-25-73(26-18-67)53-89-57-77(58-90-54-74-27-19-68(12-2)20-28-74)51-71-33-41-81(42-34-71)87(83-39-15-61(5)63(7)49-83)85-45-37-79(47-65(85)9)80-38-46-86(66(10)48-80)88(84-40-16-62(6)64(8)50-84)82-43-35-72(36-44-82)52-78(59-91-55-75-29-21-69(13-3)22-30-75)60-92-56-76-31-23-70(14-4)24-32-76/h11-50,77-78H,1-4,51-60H2,5-10H3. The molecule has 10 aromatic carbocycles. The summed E-state index contributed by atoms with van der Waals surface area (Å²) in [6.07, 6.45) is 9.07. The monoisotopic (exact) mass is 1210 g/mol. The second-order valence-electron chi connectivity index (χ2n) is 24.5. The molecule has 0 radical (unpaired) electrons. The van der Waals surface area contributed by atoms with Gasteiger partial charge in [0.15, 0.2) is 0 Å². The first-order chi connectivity index (χ1) is 44.8. The van der Waals surface area contributed by atoms with Gasteiger partial charge in [0.1, 0.15) is 0 Å². The normalized spacial score (nSPS) is 11.3. The van der Waals surface area contributed by atoms with Crippen LogP contribution in [0.3, 0.4) is 0 Å². The summed E-state index contributed by atoms with van der Waals surface area (Å²) in [4.78, 5) is 4.79. The van der Waals surface area contributed by atoms with Crippen LogP contribution in [0.2, 0.25) is 0 Å². The zero-order valence-electron chi connectivity index (χ0n) is 54.7. The molecule has 0 heterocycles. The van der Waals surface area contributed by atoms with Crippen molar-refractivity contribution in [1.82, 2.24) is 0 Å². The zero-order chi connectivity index (χ0) is 64.3. The van der Waals surface area contributed by atoms with Crippen molar-refractivity contribution < 1.29 is 18.9 Å². The largest absolute Gasteiger partial charge is 0.376 e.